The first-order chi connectivity index (χ1) is 19.2. The third kappa shape index (κ3) is 7.96. The predicted octanol–water partition coefficient (Wildman–Crippen LogP) is 6.88. The summed E-state index contributed by atoms with van der Waals surface area (Å²) in [5, 5.41) is 10.9. The van der Waals surface area contributed by atoms with Crippen LogP contribution in [0, 0.1) is 0 Å². The van der Waals surface area contributed by atoms with E-state index in [0.29, 0.717) is 47.3 Å². The fraction of sp³-hybridized carbons (Fsp3) is 0.500. The molecule has 3 N–H and O–H groups in total. The quantitative estimate of drug-likeness (QED) is 0.223. The molecule has 1 aliphatic carbocycles. The molecule has 2 fully saturated rings. The first-order valence-corrected chi connectivity index (χ1v) is 14.8. The van der Waals surface area contributed by atoms with Crippen LogP contribution in [0.15, 0.2) is 48.5 Å². The molecule has 39 heavy (non-hydrogen) atoms. The second kappa shape index (κ2) is 13.8. The third-order valence-corrected chi connectivity index (χ3v) is 7.95. The van der Waals surface area contributed by atoms with Crippen LogP contribution in [-0.4, -0.2) is 51.6 Å². The molecule has 1 aliphatic heterocycles. The summed E-state index contributed by atoms with van der Waals surface area (Å²) in [5.41, 5.74) is 1.88. The number of nitrogens with one attached hydrogen (secondary N) is 3. The Hall–Kier alpha value is -3.10. The van der Waals surface area contributed by atoms with Gasteiger partial charge >= 0.3 is 0 Å². The highest BCUT2D eigenvalue weighted by Crippen LogP contribution is 2.30. The topological polar surface area (TPSA) is 87.2 Å². The lowest BCUT2D eigenvalue weighted by Gasteiger charge is -2.23. The smallest absolute Gasteiger partial charge is 0.233 e. The van der Waals surface area contributed by atoms with E-state index in [1.807, 2.05) is 48.5 Å². The Labute approximate surface area is 236 Å². The van der Waals surface area contributed by atoms with E-state index in [1.165, 1.54) is 38.5 Å². The zero-order valence-electron chi connectivity index (χ0n) is 22.8. The number of ether oxygens (including phenoxy) is 1. The van der Waals surface area contributed by atoms with Gasteiger partial charge < -0.3 is 20.7 Å². The Morgan fingerprint density at radius 3 is 2.44 bits per heavy atom. The summed E-state index contributed by atoms with van der Waals surface area (Å²) in [4.78, 5) is 16.7. The van der Waals surface area contributed by atoms with Crippen LogP contribution in [0.25, 0.3) is 0 Å². The van der Waals surface area contributed by atoms with Gasteiger partial charge in [-0.05, 0) is 62.5 Å². The molecule has 2 aromatic carbocycles. The maximum atomic E-state index is 6.57. The van der Waals surface area contributed by atoms with Crippen molar-refractivity contribution in [2.45, 2.75) is 77.0 Å². The molecule has 5 rings (SSSR count). The van der Waals surface area contributed by atoms with Gasteiger partial charge in [-0.2, -0.15) is 15.0 Å². The molecule has 2 aliphatic rings. The molecule has 0 bridgehead atoms. The average molecular weight is 550 g/mol. The van der Waals surface area contributed by atoms with Crippen LogP contribution < -0.4 is 20.7 Å². The molecule has 1 saturated heterocycles. The van der Waals surface area contributed by atoms with Gasteiger partial charge in [0.05, 0.1) is 5.02 Å². The number of hydrogen-bond acceptors (Lipinski definition) is 8. The van der Waals surface area contributed by atoms with Crippen LogP contribution in [-0.2, 0) is 6.61 Å². The molecule has 1 atom stereocenters. The summed E-state index contributed by atoms with van der Waals surface area (Å²) in [6, 6.07) is 16.6. The highest BCUT2D eigenvalue weighted by atomic mass is 35.5. The number of likely N-dealkylation sites (tertiary alicyclic amines) is 1. The Kier molecular flexibility index (Phi) is 9.72. The van der Waals surface area contributed by atoms with E-state index in [9.17, 15) is 0 Å². The lowest BCUT2D eigenvalue weighted by Crippen LogP contribution is -2.35. The van der Waals surface area contributed by atoms with Gasteiger partial charge in [0.25, 0.3) is 0 Å². The number of likely N-dealkylation sites (N-methyl/N-ethyl adjacent to an activating group) is 1. The van der Waals surface area contributed by atoms with E-state index in [0.717, 1.165) is 43.7 Å². The molecule has 1 saturated carbocycles. The molecular formula is C30H40ClN7O. The molecule has 0 radical (unpaired) electrons. The molecular weight excluding hydrogens is 510 g/mol. The van der Waals surface area contributed by atoms with Crippen molar-refractivity contribution in [1.29, 1.82) is 0 Å². The Morgan fingerprint density at radius 2 is 1.67 bits per heavy atom. The van der Waals surface area contributed by atoms with E-state index in [2.05, 4.69) is 27.8 Å². The highest BCUT2D eigenvalue weighted by Gasteiger charge is 2.23. The van der Waals surface area contributed by atoms with Crippen molar-refractivity contribution in [2.75, 3.05) is 35.6 Å². The van der Waals surface area contributed by atoms with Crippen molar-refractivity contribution >= 4 is 35.1 Å². The average Bonchev–Trinajstić information content (AvgIpc) is 3.26. The zero-order valence-corrected chi connectivity index (χ0v) is 23.6. The van der Waals surface area contributed by atoms with Gasteiger partial charge in [-0.25, -0.2) is 0 Å². The second-order valence-electron chi connectivity index (χ2n) is 10.5. The minimum atomic E-state index is 0.386. The second-order valence-corrected chi connectivity index (χ2v) is 10.9. The fourth-order valence-electron chi connectivity index (χ4n) is 5.49. The standard InChI is InChI=1S/C30H40ClN7O/c1-2-38-18-10-15-25(38)20-32-28-35-29(33-23-13-8-3-4-9-14-23)37-30(36-28)34-24-16-17-27(26(31)19-24)39-21-22-11-6-5-7-12-22/h5-7,11-12,16-17,19,23,25H,2-4,8-10,13-15,18,20-21H2,1H3,(H3,32,33,34,35,36,37). The first kappa shape index (κ1) is 27.5. The summed E-state index contributed by atoms with van der Waals surface area (Å²) in [6.45, 7) is 5.73. The lowest BCUT2D eigenvalue weighted by atomic mass is 10.1. The van der Waals surface area contributed by atoms with Crippen molar-refractivity contribution in [2.24, 2.45) is 0 Å². The van der Waals surface area contributed by atoms with Crippen LogP contribution in [0.5, 0.6) is 5.75 Å². The number of nitrogens with zero attached hydrogens (tertiary/aromatic N) is 4. The molecule has 2 heterocycles. The van der Waals surface area contributed by atoms with Crippen molar-refractivity contribution in [1.82, 2.24) is 19.9 Å². The minimum absolute atomic E-state index is 0.386. The summed E-state index contributed by atoms with van der Waals surface area (Å²) in [6.07, 6.45) is 9.81. The maximum absolute atomic E-state index is 6.57. The van der Waals surface area contributed by atoms with E-state index in [1.54, 1.807) is 0 Å². The summed E-state index contributed by atoms with van der Waals surface area (Å²) in [5.74, 6) is 2.31. The third-order valence-electron chi connectivity index (χ3n) is 7.65. The summed E-state index contributed by atoms with van der Waals surface area (Å²) < 4.78 is 5.93. The maximum Gasteiger partial charge on any atom is 0.233 e. The van der Waals surface area contributed by atoms with E-state index >= 15 is 0 Å². The van der Waals surface area contributed by atoms with Crippen molar-refractivity contribution in [3.63, 3.8) is 0 Å². The molecule has 1 unspecified atom stereocenters. The number of halogens is 1. The van der Waals surface area contributed by atoms with Gasteiger partial charge in [0.15, 0.2) is 0 Å². The summed E-state index contributed by atoms with van der Waals surface area (Å²) >= 11 is 6.57. The number of anilines is 4. The predicted molar refractivity (Wildman–Crippen MR) is 159 cm³/mol. The molecule has 208 valence electrons. The van der Waals surface area contributed by atoms with Gasteiger partial charge in [-0.1, -0.05) is 74.5 Å². The molecule has 0 amide bonds. The number of aromatic nitrogens is 3. The van der Waals surface area contributed by atoms with Gasteiger partial charge in [0, 0.05) is 24.3 Å². The SMILES string of the molecule is CCN1CCCC1CNc1nc(Nc2ccc(OCc3ccccc3)c(Cl)c2)nc(NC2CCCCCC2)n1. The fourth-order valence-corrected chi connectivity index (χ4v) is 5.73. The number of benzene rings is 2. The molecule has 8 nitrogen and oxygen atoms in total. The zero-order chi connectivity index (χ0) is 26.9. The van der Waals surface area contributed by atoms with Gasteiger partial charge in [-0.3, -0.25) is 4.90 Å². The van der Waals surface area contributed by atoms with Crippen LogP contribution >= 0.6 is 11.6 Å². The minimum Gasteiger partial charge on any atom is -0.487 e. The van der Waals surface area contributed by atoms with Crippen LogP contribution in [0.3, 0.4) is 0 Å². The van der Waals surface area contributed by atoms with E-state index in [-0.39, 0.29) is 0 Å². The first-order valence-electron chi connectivity index (χ1n) is 14.4. The normalized spacial score (nSPS) is 18.5. The van der Waals surface area contributed by atoms with Crippen LogP contribution in [0.4, 0.5) is 23.5 Å². The van der Waals surface area contributed by atoms with Crippen molar-refractivity contribution < 1.29 is 4.74 Å². The van der Waals surface area contributed by atoms with Gasteiger partial charge in [0.2, 0.25) is 17.8 Å². The Morgan fingerprint density at radius 1 is 0.897 bits per heavy atom. The monoisotopic (exact) mass is 549 g/mol. The van der Waals surface area contributed by atoms with Crippen molar-refractivity contribution in [3.8, 4) is 5.75 Å². The van der Waals surface area contributed by atoms with Gasteiger partial charge in [0.1, 0.15) is 12.4 Å². The lowest BCUT2D eigenvalue weighted by molar-refractivity contribution is 0.277. The van der Waals surface area contributed by atoms with Crippen LogP contribution in [0.1, 0.15) is 63.9 Å². The highest BCUT2D eigenvalue weighted by molar-refractivity contribution is 6.32. The Bertz CT molecular complexity index is 1190. The number of rotatable bonds is 11. The number of hydrogen-bond donors (Lipinski definition) is 3. The molecule has 9 heteroatoms. The van der Waals surface area contributed by atoms with Crippen molar-refractivity contribution in [3.05, 3.63) is 59.1 Å². The molecule has 0 spiro atoms. The molecule has 1 aromatic heterocycles. The van der Waals surface area contributed by atoms with E-state index in [4.69, 9.17) is 31.3 Å². The van der Waals surface area contributed by atoms with Gasteiger partial charge in [-0.15, -0.1) is 0 Å². The largest absolute Gasteiger partial charge is 0.487 e. The summed E-state index contributed by atoms with van der Waals surface area (Å²) in [7, 11) is 0. The van der Waals surface area contributed by atoms with Crippen LogP contribution in [0.2, 0.25) is 5.02 Å². The molecule has 3 aromatic rings. The van der Waals surface area contributed by atoms with E-state index < -0.39 is 0 Å². The Balaban J connectivity index is 1.29.